The molecular formula is C25H34O8. The molecule has 182 valence electrons. The van der Waals surface area contributed by atoms with E-state index in [2.05, 4.69) is 0 Å². The van der Waals surface area contributed by atoms with Gasteiger partial charge in [-0.1, -0.05) is 18.6 Å². The summed E-state index contributed by atoms with van der Waals surface area (Å²) in [6.07, 6.45) is 3.32. The number of carbonyl (C=O) groups excluding carboxylic acids is 4. The standard InChI is InChI=1S/C25H34O8/c1-6-30-19(26)24(20(27)31-7-2)12-16-10-11-23(5)15-25(21(28)32-8-3,22(29)33-9-4)14-18(23)17(16)13-24/h10H,6-9,11-15H2,1-5H3. The van der Waals surface area contributed by atoms with Crippen LogP contribution < -0.4 is 0 Å². The van der Waals surface area contributed by atoms with Crippen molar-refractivity contribution < 1.29 is 38.1 Å². The summed E-state index contributed by atoms with van der Waals surface area (Å²) < 4.78 is 21.2. The van der Waals surface area contributed by atoms with Crippen molar-refractivity contribution in [1.82, 2.24) is 0 Å². The van der Waals surface area contributed by atoms with E-state index < -0.39 is 40.1 Å². The van der Waals surface area contributed by atoms with Gasteiger partial charge in [-0.15, -0.1) is 0 Å². The highest BCUT2D eigenvalue weighted by Gasteiger charge is 2.63. The summed E-state index contributed by atoms with van der Waals surface area (Å²) in [6, 6.07) is 0. The lowest BCUT2D eigenvalue weighted by Crippen LogP contribution is -2.41. The Morgan fingerprint density at radius 3 is 1.64 bits per heavy atom. The van der Waals surface area contributed by atoms with Gasteiger partial charge in [0.2, 0.25) is 0 Å². The van der Waals surface area contributed by atoms with Crippen LogP contribution >= 0.6 is 0 Å². The van der Waals surface area contributed by atoms with Crippen molar-refractivity contribution in [1.29, 1.82) is 0 Å². The molecule has 0 heterocycles. The molecule has 1 atom stereocenters. The Bertz CT molecular complexity index is 875. The molecule has 33 heavy (non-hydrogen) atoms. The van der Waals surface area contributed by atoms with Gasteiger partial charge >= 0.3 is 23.9 Å². The van der Waals surface area contributed by atoms with Crippen LogP contribution in [0.25, 0.3) is 0 Å². The molecule has 8 nitrogen and oxygen atoms in total. The summed E-state index contributed by atoms with van der Waals surface area (Å²) in [7, 11) is 0. The van der Waals surface area contributed by atoms with Crippen LogP contribution in [0.1, 0.15) is 66.7 Å². The van der Waals surface area contributed by atoms with Crippen molar-refractivity contribution in [2.24, 2.45) is 16.2 Å². The Balaban J connectivity index is 2.09. The first-order chi connectivity index (χ1) is 15.6. The number of allylic oxidation sites excluding steroid dienone is 4. The Kier molecular flexibility index (Phi) is 7.05. The Labute approximate surface area is 194 Å². The lowest BCUT2D eigenvalue weighted by Gasteiger charge is -2.31. The quantitative estimate of drug-likeness (QED) is 0.307. The molecule has 3 aliphatic rings. The van der Waals surface area contributed by atoms with E-state index in [-0.39, 0.29) is 52.1 Å². The lowest BCUT2D eigenvalue weighted by atomic mass is 9.73. The van der Waals surface area contributed by atoms with Gasteiger partial charge < -0.3 is 18.9 Å². The predicted octanol–water partition coefficient (Wildman–Crippen LogP) is 3.43. The number of fused-ring (bicyclic) bond motifs is 2. The third-order valence-corrected chi connectivity index (χ3v) is 7.09. The molecule has 2 saturated carbocycles. The lowest BCUT2D eigenvalue weighted by molar-refractivity contribution is -0.173. The number of esters is 4. The fourth-order valence-corrected chi connectivity index (χ4v) is 5.59. The van der Waals surface area contributed by atoms with Crippen molar-refractivity contribution in [2.45, 2.75) is 66.7 Å². The first-order valence-electron chi connectivity index (χ1n) is 11.7. The Hall–Kier alpha value is -2.64. The minimum Gasteiger partial charge on any atom is -0.465 e. The molecule has 0 saturated heterocycles. The van der Waals surface area contributed by atoms with Gasteiger partial charge in [0.05, 0.1) is 26.4 Å². The van der Waals surface area contributed by atoms with Crippen LogP contribution in [-0.2, 0) is 38.1 Å². The minimum atomic E-state index is -1.45. The number of hydrogen-bond donors (Lipinski definition) is 0. The number of carbonyl (C=O) groups is 4. The van der Waals surface area contributed by atoms with Gasteiger partial charge in [0.15, 0.2) is 10.8 Å². The van der Waals surface area contributed by atoms with E-state index in [0.717, 1.165) is 16.7 Å². The molecule has 3 rings (SSSR count). The van der Waals surface area contributed by atoms with Crippen molar-refractivity contribution in [3.63, 3.8) is 0 Å². The van der Waals surface area contributed by atoms with Crippen LogP contribution in [0.4, 0.5) is 0 Å². The van der Waals surface area contributed by atoms with Gasteiger partial charge in [-0.2, -0.15) is 0 Å². The van der Waals surface area contributed by atoms with Crippen LogP contribution in [0.2, 0.25) is 0 Å². The largest absolute Gasteiger partial charge is 0.465 e. The summed E-state index contributed by atoms with van der Waals surface area (Å²) >= 11 is 0. The maximum atomic E-state index is 13.1. The minimum absolute atomic E-state index is 0.128. The van der Waals surface area contributed by atoms with E-state index >= 15 is 0 Å². The van der Waals surface area contributed by atoms with Crippen LogP contribution in [0.15, 0.2) is 22.8 Å². The third-order valence-electron chi connectivity index (χ3n) is 7.09. The van der Waals surface area contributed by atoms with Crippen molar-refractivity contribution in [3.8, 4) is 0 Å². The second-order valence-electron chi connectivity index (χ2n) is 9.20. The molecule has 0 aromatic carbocycles. The van der Waals surface area contributed by atoms with E-state index in [0.29, 0.717) is 6.42 Å². The molecule has 0 aromatic rings. The molecule has 0 aromatic heterocycles. The van der Waals surface area contributed by atoms with Crippen LogP contribution in [0, 0.1) is 16.2 Å². The van der Waals surface area contributed by atoms with Gasteiger partial charge in [0, 0.05) is 0 Å². The molecule has 2 fully saturated rings. The van der Waals surface area contributed by atoms with E-state index in [9.17, 15) is 19.2 Å². The zero-order valence-corrected chi connectivity index (χ0v) is 20.2. The fourth-order valence-electron chi connectivity index (χ4n) is 5.59. The molecule has 0 amide bonds. The third kappa shape index (κ3) is 3.97. The second kappa shape index (κ2) is 9.31. The van der Waals surface area contributed by atoms with Crippen LogP contribution in [-0.4, -0.2) is 50.3 Å². The highest BCUT2D eigenvalue weighted by molar-refractivity contribution is 6.03. The molecule has 1 unspecified atom stereocenters. The zero-order valence-electron chi connectivity index (χ0n) is 20.2. The van der Waals surface area contributed by atoms with Crippen LogP contribution in [0.5, 0.6) is 0 Å². The molecule has 0 spiro atoms. The summed E-state index contributed by atoms with van der Waals surface area (Å²) in [4.78, 5) is 52.1. The summed E-state index contributed by atoms with van der Waals surface area (Å²) in [5, 5.41) is 0. The van der Waals surface area contributed by atoms with Gasteiger partial charge in [0.25, 0.3) is 0 Å². The monoisotopic (exact) mass is 462 g/mol. The molecule has 8 heteroatoms. The summed E-state index contributed by atoms with van der Waals surface area (Å²) in [5.74, 6) is -2.38. The maximum Gasteiger partial charge on any atom is 0.324 e. The van der Waals surface area contributed by atoms with Crippen molar-refractivity contribution >= 4 is 23.9 Å². The normalized spacial score (nSPS) is 24.3. The number of rotatable bonds is 8. The van der Waals surface area contributed by atoms with Crippen molar-refractivity contribution in [3.05, 3.63) is 22.8 Å². The predicted molar refractivity (Wildman–Crippen MR) is 118 cm³/mol. The molecule has 0 aliphatic heterocycles. The van der Waals surface area contributed by atoms with E-state index in [4.69, 9.17) is 18.9 Å². The van der Waals surface area contributed by atoms with Gasteiger partial charge in [0.1, 0.15) is 0 Å². The molecule has 0 radical (unpaired) electrons. The van der Waals surface area contributed by atoms with E-state index in [1.165, 1.54) is 0 Å². The smallest absolute Gasteiger partial charge is 0.324 e. The van der Waals surface area contributed by atoms with Gasteiger partial charge in [-0.25, -0.2) is 0 Å². The van der Waals surface area contributed by atoms with Gasteiger partial charge in [-0.05, 0) is 76.4 Å². The van der Waals surface area contributed by atoms with Crippen LogP contribution in [0.3, 0.4) is 0 Å². The molecular weight excluding hydrogens is 428 g/mol. The Morgan fingerprint density at radius 2 is 1.18 bits per heavy atom. The van der Waals surface area contributed by atoms with Crippen molar-refractivity contribution in [2.75, 3.05) is 26.4 Å². The average Bonchev–Trinajstić information content (AvgIpc) is 3.32. The Morgan fingerprint density at radius 1 is 0.727 bits per heavy atom. The van der Waals surface area contributed by atoms with E-state index in [1.54, 1.807) is 27.7 Å². The first kappa shape index (κ1) is 25.0. The maximum absolute atomic E-state index is 13.1. The number of ether oxygens (including phenoxy) is 4. The van der Waals surface area contributed by atoms with E-state index in [1.807, 2.05) is 13.0 Å². The average molecular weight is 463 g/mol. The molecule has 0 N–H and O–H groups in total. The highest BCUT2D eigenvalue weighted by atomic mass is 16.6. The molecule has 0 bridgehead atoms. The highest BCUT2D eigenvalue weighted by Crippen LogP contribution is 2.63. The fraction of sp³-hybridized carbons (Fsp3) is 0.680. The second-order valence-corrected chi connectivity index (χ2v) is 9.20. The summed E-state index contributed by atoms with van der Waals surface area (Å²) in [6.45, 7) is 9.41. The topological polar surface area (TPSA) is 105 Å². The molecule has 3 aliphatic carbocycles. The zero-order chi connectivity index (χ0) is 24.4. The van der Waals surface area contributed by atoms with Gasteiger partial charge in [-0.3, -0.25) is 19.2 Å². The first-order valence-corrected chi connectivity index (χ1v) is 11.7. The number of hydrogen-bond acceptors (Lipinski definition) is 8. The SMILES string of the molecule is CCOC(=O)C1(C(=O)OCC)CC2=CCC3(C)CC(C(=O)OCC)(C(=O)OCC)CC3=C2C1. The summed E-state index contributed by atoms with van der Waals surface area (Å²) in [5.41, 5.74) is -0.739.